The number of amides is 1. The molecule has 23 heavy (non-hydrogen) atoms. The molecular formula is C17H18N2O3S. The SMILES string of the molecule is COC(=O)C1=C(C)N=C2SCCC(=O)N2C1c1ccc(C)cc1. The summed E-state index contributed by atoms with van der Waals surface area (Å²) >= 11 is 1.55. The molecule has 0 aromatic heterocycles. The number of aryl methyl sites for hydroxylation is 1. The summed E-state index contributed by atoms with van der Waals surface area (Å²) in [5.74, 6) is 0.261. The summed E-state index contributed by atoms with van der Waals surface area (Å²) in [6.45, 7) is 3.79. The predicted octanol–water partition coefficient (Wildman–Crippen LogP) is 2.82. The molecule has 0 aliphatic carbocycles. The van der Waals surface area contributed by atoms with E-state index in [0.717, 1.165) is 16.9 Å². The Balaban J connectivity index is 2.17. The normalized spacial score (nSPS) is 21.0. The molecule has 1 aromatic rings. The molecule has 0 spiro atoms. The molecule has 1 saturated heterocycles. The van der Waals surface area contributed by atoms with Crippen LogP contribution < -0.4 is 0 Å². The monoisotopic (exact) mass is 330 g/mol. The van der Waals surface area contributed by atoms with Gasteiger partial charge in [-0.25, -0.2) is 9.79 Å². The number of thioether (sulfide) groups is 1. The number of hydrogen-bond acceptors (Lipinski definition) is 5. The zero-order chi connectivity index (χ0) is 16.6. The molecular weight excluding hydrogens is 312 g/mol. The molecule has 6 heteroatoms. The number of fused-ring (bicyclic) bond motifs is 1. The highest BCUT2D eigenvalue weighted by molar-refractivity contribution is 8.14. The van der Waals surface area contributed by atoms with Crippen LogP contribution in [0.15, 0.2) is 40.5 Å². The van der Waals surface area contributed by atoms with Gasteiger partial charge in [-0.1, -0.05) is 41.6 Å². The van der Waals surface area contributed by atoms with Crippen LogP contribution in [0.3, 0.4) is 0 Å². The van der Waals surface area contributed by atoms with E-state index in [0.29, 0.717) is 22.9 Å². The van der Waals surface area contributed by atoms with Crippen molar-refractivity contribution in [1.82, 2.24) is 4.90 Å². The third-order valence-corrected chi connectivity index (χ3v) is 4.96. The van der Waals surface area contributed by atoms with E-state index < -0.39 is 12.0 Å². The molecule has 3 rings (SSSR count). The van der Waals surface area contributed by atoms with Crippen molar-refractivity contribution in [1.29, 1.82) is 0 Å². The van der Waals surface area contributed by atoms with Crippen LogP contribution in [0, 0.1) is 6.92 Å². The van der Waals surface area contributed by atoms with E-state index >= 15 is 0 Å². The van der Waals surface area contributed by atoms with Crippen molar-refractivity contribution in [3.05, 3.63) is 46.7 Å². The number of esters is 1. The number of carbonyl (C=O) groups excluding carboxylic acids is 2. The van der Waals surface area contributed by atoms with Crippen molar-refractivity contribution in [3.8, 4) is 0 Å². The molecule has 5 nitrogen and oxygen atoms in total. The van der Waals surface area contributed by atoms with Crippen molar-refractivity contribution < 1.29 is 14.3 Å². The van der Waals surface area contributed by atoms with E-state index in [1.165, 1.54) is 7.11 Å². The Hall–Kier alpha value is -2.08. The second-order valence-electron chi connectivity index (χ2n) is 5.56. The molecule has 2 heterocycles. The van der Waals surface area contributed by atoms with Crippen LogP contribution in [0.1, 0.15) is 30.5 Å². The Bertz CT molecular complexity index is 722. The fourth-order valence-electron chi connectivity index (χ4n) is 2.83. The number of nitrogens with zero attached hydrogens (tertiary/aromatic N) is 2. The third kappa shape index (κ3) is 2.79. The second kappa shape index (κ2) is 6.20. The van der Waals surface area contributed by atoms with E-state index in [-0.39, 0.29) is 5.91 Å². The quantitative estimate of drug-likeness (QED) is 0.783. The minimum absolute atomic E-state index is 0.0121. The standard InChI is InChI=1S/C17H18N2O3S/c1-10-4-6-12(7-5-10)15-14(16(21)22-3)11(2)18-17-19(15)13(20)8-9-23-17/h4-7,15H,8-9H2,1-3H3. The lowest BCUT2D eigenvalue weighted by molar-refractivity contribution is -0.137. The summed E-state index contributed by atoms with van der Waals surface area (Å²) in [7, 11) is 1.35. The lowest BCUT2D eigenvalue weighted by Crippen LogP contribution is -2.45. The molecule has 2 aliphatic heterocycles. The van der Waals surface area contributed by atoms with Crippen LogP contribution in [0.4, 0.5) is 0 Å². The number of methoxy groups -OCH3 is 1. The summed E-state index contributed by atoms with van der Waals surface area (Å²) in [6, 6.07) is 7.38. The molecule has 0 radical (unpaired) electrons. The molecule has 1 unspecified atom stereocenters. The minimum atomic E-state index is -0.476. The van der Waals surface area contributed by atoms with Crippen molar-refractivity contribution in [2.45, 2.75) is 26.3 Å². The molecule has 1 amide bonds. The Morgan fingerprint density at radius 2 is 2.00 bits per heavy atom. The van der Waals surface area contributed by atoms with Gasteiger partial charge in [0.25, 0.3) is 0 Å². The number of aliphatic imine (C=N–C) groups is 1. The average molecular weight is 330 g/mol. The predicted molar refractivity (Wildman–Crippen MR) is 90.0 cm³/mol. The number of amidine groups is 1. The summed E-state index contributed by atoms with van der Waals surface area (Å²) in [6.07, 6.45) is 0.444. The van der Waals surface area contributed by atoms with E-state index in [1.807, 2.05) is 31.2 Å². The summed E-state index contributed by atoms with van der Waals surface area (Å²) in [5.41, 5.74) is 3.04. The highest BCUT2D eigenvalue weighted by Crippen LogP contribution is 2.40. The van der Waals surface area contributed by atoms with Crippen LogP contribution in [-0.4, -0.2) is 34.8 Å². The van der Waals surface area contributed by atoms with Gasteiger partial charge in [0.05, 0.1) is 24.4 Å². The second-order valence-corrected chi connectivity index (χ2v) is 6.62. The Morgan fingerprint density at radius 1 is 1.30 bits per heavy atom. The van der Waals surface area contributed by atoms with E-state index in [2.05, 4.69) is 4.99 Å². The van der Waals surface area contributed by atoms with Crippen LogP contribution in [0.5, 0.6) is 0 Å². The van der Waals surface area contributed by atoms with E-state index in [1.54, 1.807) is 23.6 Å². The molecule has 0 N–H and O–H groups in total. The van der Waals surface area contributed by atoms with E-state index in [4.69, 9.17) is 4.74 Å². The van der Waals surface area contributed by atoms with Gasteiger partial charge in [0.15, 0.2) is 5.17 Å². The first-order chi connectivity index (χ1) is 11.0. The van der Waals surface area contributed by atoms with Crippen molar-refractivity contribution >= 4 is 28.8 Å². The number of carbonyl (C=O) groups is 2. The van der Waals surface area contributed by atoms with Crippen molar-refractivity contribution in [2.75, 3.05) is 12.9 Å². The van der Waals surface area contributed by atoms with Gasteiger partial charge in [-0.05, 0) is 19.4 Å². The van der Waals surface area contributed by atoms with Crippen LogP contribution in [-0.2, 0) is 14.3 Å². The number of allylic oxidation sites excluding steroid dienone is 1. The zero-order valence-corrected chi connectivity index (χ0v) is 14.1. The van der Waals surface area contributed by atoms with Crippen molar-refractivity contribution in [3.63, 3.8) is 0 Å². The summed E-state index contributed by atoms with van der Waals surface area (Å²) in [5, 5.41) is 0.664. The van der Waals surface area contributed by atoms with Crippen LogP contribution in [0.25, 0.3) is 0 Å². The highest BCUT2D eigenvalue weighted by Gasteiger charge is 2.41. The Labute approximate surface area is 139 Å². The van der Waals surface area contributed by atoms with Gasteiger partial charge in [-0.15, -0.1) is 0 Å². The number of benzene rings is 1. The largest absolute Gasteiger partial charge is 0.466 e. The zero-order valence-electron chi connectivity index (χ0n) is 13.3. The molecule has 1 aromatic carbocycles. The summed E-state index contributed by atoms with van der Waals surface area (Å²) < 4.78 is 4.94. The number of hydrogen-bond donors (Lipinski definition) is 0. The molecule has 120 valence electrons. The van der Waals surface area contributed by atoms with Gasteiger partial charge in [-0.3, -0.25) is 9.69 Å². The number of rotatable bonds is 2. The maximum Gasteiger partial charge on any atom is 0.338 e. The summed E-state index contributed by atoms with van der Waals surface area (Å²) in [4.78, 5) is 30.9. The molecule has 0 bridgehead atoms. The van der Waals surface area contributed by atoms with Crippen molar-refractivity contribution in [2.24, 2.45) is 4.99 Å². The fourth-order valence-corrected chi connectivity index (χ4v) is 3.84. The molecule has 0 saturated carbocycles. The van der Waals surface area contributed by atoms with Gasteiger partial charge in [0.2, 0.25) is 5.91 Å². The van der Waals surface area contributed by atoms with Gasteiger partial charge < -0.3 is 4.74 Å². The molecule has 1 atom stereocenters. The van der Waals surface area contributed by atoms with Crippen LogP contribution >= 0.6 is 11.8 Å². The van der Waals surface area contributed by atoms with Gasteiger partial charge in [-0.2, -0.15) is 0 Å². The topological polar surface area (TPSA) is 59.0 Å². The maximum atomic E-state index is 12.5. The molecule has 1 fully saturated rings. The Morgan fingerprint density at radius 3 is 2.65 bits per heavy atom. The molecule has 2 aliphatic rings. The first-order valence-corrected chi connectivity index (χ1v) is 8.40. The van der Waals surface area contributed by atoms with Gasteiger partial charge in [0, 0.05) is 12.2 Å². The minimum Gasteiger partial charge on any atom is -0.466 e. The lowest BCUT2D eigenvalue weighted by Gasteiger charge is -2.38. The van der Waals surface area contributed by atoms with Gasteiger partial charge in [0.1, 0.15) is 0 Å². The van der Waals surface area contributed by atoms with Gasteiger partial charge >= 0.3 is 5.97 Å². The first kappa shape index (κ1) is 15.8. The smallest absolute Gasteiger partial charge is 0.338 e. The number of ether oxygens (including phenoxy) is 1. The first-order valence-electron chi connectivity index (χ1n) is 7.42. The average Bonchev–Trinajstić information content (AvgIpc) is 2.54. The maximum absolute atomic E-state index is 12.5. The van der Waals surface area contributed by atoms with Crippen LogP contribution in [0.2, 0.25) is 0 Å². The highest BCUT2D eigenvalue weighted by atomic mass is 32.2. The Kier molecular flexibility index (Phi) is 4.26. The third-order valence-electron chi connectivity index (χ3n) is 4.01. The lowest BCUT2D eigenvalue weighted by atomic mass is 9.93. The van der Waals surface area contributed by atoms with E-state index in [9.17, 15) is 9.59 Å². The fraction of sp³-hybridized carbons (Fsp3) is 0.353.